The number of rotatable bonds is 13. The van der Waals surface area contributed by atoms with Crippen molar-refractivity contribution in [2.24, 2.45) is 17.8 Å². The third-order valence-electron chi connectivity index (χ3n) is 6.14. The van der Waals surface area contributed by atoms with Crippen molar-refractivity contribution in [3.63, 3.8) is 0 Å². The summed E-state index contributed by atoms with van der Waals surface area (Å²) in [6.45, 7) is 17.6. The average molecular weight is 447 g/mol. The van der Waals surface area contributed by atoms with E-state index in [0.29, 0.717) is 37.9 Å². The molecule has 0 radical (unpaired) electrons. The first-order valence-electron chi connectivity index (χ1n) is 12.6. The lowest BCUT2D eigenvalue weighted by molar-refractivity contribution is -0.147. The summed E-state index contributed by atoms with van der Waals surface area (Å²) in [4.78, 5) is 15.9. The predicted molar refractivity (Wildman–Crippen MR) is 133 cm³/mol. The molecule has 1 saturated heterocycles. The second-order valence-electron chi connectivity index (χ2n) is 10.4. The molecule has 0 bridgehead atoms. The highest BCUT2D eigenvalue weighted by Gasteiger charge is 2.40. The van der Waals surface area contributed by atoms with Crippen molar-refractivity contribution in [1.82, 2.24) is 4.90 Å². The predicted octanol–water partition coefficient (Wildman–Crippen LogP) is 5.99. The minimum atomic E-state index is -0.792. The SMILES string of the molecule is CCCOC(CC(C)C)(CC(C)C)C(=O)Nc1ccc(OCCN2CCC(C)CC2)cc1. The molecule has 32 heavy (non-hydrogen) atoms. The number of nitrogens with zero attached hydrogens (tertiary/aromatic N) is 1. The Morgan fingerprint density at radius 3 is 2.19 bits per heavy atom. The smallest absolute Gasteiger partial charge is 0.256 e. The van der Waals surface area contributed by atoms with Crippen molar-refractivity contribution >= 4 is 11.6 Å². The van der Waals surface area contributed by atoms with Crippen molar-refractivity contribution in [2.75, 3.05) is 38.2 Å². The van der Waals surface area contributed by atoms with Crippen molar-refractivity contribution in [1.29, 1.82) is 0 Å². The highest BCUT2D eigenvalue weighted by atomic mass is 16.5. The van der Waals surface area contributed by atoms with E-state index in [-0.39, 0.29) is 5.91 Å². The van der Waals surface area contributed by atoms with Crippen molar-refractivity contribution < 1.29 is 14.3 Å². The number of hydrogen-bond acceptors (Lipinski definition) is 4. The van der Waals surface area contributed by atoms with E-state index in [1.165, 1.54) is 25.9 Å². The largest absolute Gasteiger partial charge is 0.492 e. The molecule has 1 aliphatic heterocycles. The van der Waals surface area contributed by atoms with Gasteiger partial charge >= 0.3 is 0 Å². The van der Waals surface area contributed by atoms with Crippen LogP contribution in [0.3, 0.4) is 0 Å². The summed E-state index contributed by atoms with van der Waals surface area (Å²) >= 11 is 0. The lowest BCUT2D eigenvalue weighted by Gasteiger charge is -2.35. The lowest BCUT2D eigenvalue weighted by atomic mass is 9.83. The molecule has 1 aromatic rings. The average Bonchev–Trinajstić information content (AvgIpc) is 2.74. The van der Waals surface area contributed by atoms with Gasteiger partial charge in [-0.15, -0.1) is 0 Å². The van der Waals surface area contributed by atoms with Crippen LogP contribution in [0.1, 0.15) is 73.6 Å². The molecule has 0 atom stereocenters. The number of carbonyl (C=O) groups excluding carboxylic acids is 1. The second kappa shape index (κ2) is 13.2. The van der Waals surface area contributed by atoms with E-state index in [9.17, 15) is 4.79 Å². The van der Waals surface area contributed by atoms with E-state index in [0.717, 1.165) is 30.3 Å². The van der Waals surface area contributed by atoms with Gasteiger partial charge in [0.1, 0.15) is 18.0 Å². The van der Waals surface area contributed by atoms with Crippen molar-refractivity contribution in [3.05, 3.63) is 24.3 Å². The third-order valence-corrected chi connectivity index (χ3v) is 6.14. The molecular weight excluding hydrogens is 400 g/mol. The number of anilines is 1. The van der Waals surface area contributed by atoms with E-state index in [2.05, 4.69) is 51.8 Å². The van der Waals surface area contributed by atoms with E-state index in [4.69, 9.17) is 9.47 Å². The van der Waals surface area contributed by atoms with Crippen LogP contribution in [-0.4, -0.2) is 49.3 Å². The number of hydrogen-bond donors (Lipinski definition) is 1. The molecule has 0 aromatic heterocycles. The Bertz CT molecular complexity index is 654. The molecule has 1 heterocycles. The highest BCUT2D eigenvalue weighted by Crippen LogP contribution is 2.31. The summed E-state index contributed by atoms with van der Waals surface area (Å²) in [7, 11) is 0. The molecule has 2 rings (SSSR count). The fourth-order valence-electron chi connectivity index (χ4n) is 4.53. The van der Waals surface area contributed by atoms with Gasteiger partial charge in [-0.25, -0.2) is 0 Å². The summed E-state index contributed by atoms with van der Waals surface area (Å²) in [6, 6.07) is 7.72. The Balaban J connectivity index is 1.94. The monoisotopic (exact) mass is 446 g/mol. The third kappa shape index (κ3) is 8.74. The fraction of sp³-hybridized carbons (Fsp3) is 0.741. The summed E-state index contributed by atoms with van der Waals surface area (Å²) < 4.78 is 12.2. The van der Waals surface area contributed by atoms with Crippen LogP contribution in [0, 0.1) is 17.8 Å². The van der Waals surface area contributed by atoms with Gasteiger partial charge in [-0.2, -0.15) is 0 Å². The summed E-state index contributed by atoms with van der Waals surface area (Å²) in [6.07, 6.45) is 4.89. The zero-order chi connectivity index (χ0) is 23.6. The van der Waals surface area contributed by atoms with Gasteiger partial charge in [-0.1, -0.05) is 41.5 Å². The van der Waals surface area contributed by atoms with Crippen LogP contribution < -0.4 is 10.1 Å². The number of benzene rings is 1. The summed E-state index contributed by atoms with van der Waals surface area (Å²) in [5.41, 5.74) is -0.0104. The van der Waals surface area contributed by atoms with Crippen LogP contribution in [-0.2, 0) is 9.53 Å². The maximum absolute atomic E-state index is 13.4. The minimum Gasteiger partial charge on any atom is -0.492 e. The van der Waals surface area contributed by atoms with Crippen molar-refractivity contribution in [2.45, 2.75) is 79.2 Å². The Labute approximate surface area is 196 Å². The van der Waals surface area contributed by atoms with Gasteiger partial charge in [0.15, 0.2) is 0 Å². The van der Waals surface area contributed by atoms with Gasteiger partial charge < -0.3 is 14.8 Å². The molecule has 1 aliphatic rings. The van der Waals surface area contributed by atoms with E-state index < -0.39 is 5.60 Å². The van der Waals surface area contributed by atoms with Crippen LogP contribution in [0.4, 0.5) is 5.69 Å². The van der Waals surface area contributed by atoms with Crippen LogP contribution in [0.5, 0.6) is 5.75 Å². The molecule has 0 aliphatic carbocycles. The fourth-order valence-corrected chi connectivity index (χ4v) is 4.53. The Hall–Kier alpha value is -1.59. The Kier molecular flexibility index (Phi) is 11.0. The normalized spacial score (nSPS) is 16.0. The molecule has 5 nitrogen and oxygen atoms in total. The van der Waals surface area contributed by atoms with Gasteiger partial charge in [0.05, 0.1) is 0 Å². The Morgan fingerprint density at radius 1 is 1.06 bits per heavy atom. The number of likely N-dealkylation sites (tertiary alicyclic amines) is 1. The zero-order valence-corrected chi connectivity index (χ0v) is 21.3. The van der Waals surface area contributed by atoms with Gasteiger partial charge in [0.25, 0.3) is 5.91 Å². The summed E-state index contributed by atoms with van der Waals surface area (Å²) in [5.74, 6) is 2.39. The van der Waals surface area contributed by atoms with Gasteiger partial charge in [0, 0.05) is 18.8 Å². The van der Waals surface area contributed by atoms with E-state index >= 15 is 0 Å². The number of nitrogens with one attached hydrogen (secondary N) is 1. The first-order valence-corrected chi connectivity index (χ1v) is 12.6. The van der Waals surface area contributed by atoms with Gasteiger partial charge in [0.2, 0.25) is 0 Å². The standard InChI is InChI=1S/C27H46N2O3/c1-7-17-32-27(19-21(2)3,20-22(4)5)26(30)28-24-8-10-25(11-9-24)31-18-16-29-14-12-23(6)13-15-29/h8-11,21-23H,7,12-20H2,1-6H3,(H,28,30). The summed E-state index contributed by atoms with van der Waals surface area (Å²) in [5, 5.41) is 3.11. The molecule has 0 unspecified atom stereocenters. The number of piperidine rings is 1. The maximum Gasteiger partial charge on any atom is 0.256 e. The number of ether oxygens (including phenoxy) is 2. The Morgan fingerprint density at radius 2 is 1.66 bits per heavy atom. The molecular formula is C27H46N2O3. The van der Waals surface area contributed by atoms with Crippen molar-refractivity contribution in [3.8, 4) is 5.75 Å². The molecule has 1 amide bonds. The highest BCUT2D eigenvalue weighted by molar-refractivity contribution is 5.97. The van der Waals surface area contributed by atoms with Crippen LogP contribution in [0.25, 0.3) is 0 Å². The molecule has 1 fully saturated rings. The molecule has 1 aromatic carbocycles. The van der Waals surface area contributed by atoms with E-state index in [1.807, 2.05) is 24.3 Å². The van der Waals surface area contributed by atoms with Gasteiger partial charge in [-0.05, 0) is 87.2 Å². The van der Waals surface area contributed by atoms with Crippen LogP contribution in [0.15, 0.2) is 24.3 Å². The van der Waals surface area contributed by atoms with Crippen LogP contribution >= 0.6 is 0 Å². The maximum atomic E-state index is 13.4. The topological polar surface area (TPSA) is 50.8 Å². The number of carbonyl (C=O) groups is 1. The van der Waals surface area contributed by atoms with E-state index in [1.54, 1.807) is 0 Å². The van der Waals surface area contributed by atoms with Crippen LogP contribution in [0.2, 0.25) is 0 Å². The zero-order valence-electron chi connectivity index (χ0n) is 21.3. The molecule has 5 heteroatoms. The molecule has 1 N–H and O–H groups in total. The lowest BCUT2D eigenvalue weighted by Crippen LogP contribution is -2.47. The quantitative estimate of drug-likeness (QED) is 0.404. The minimum absolute atomic E-state index is 0.0404. The first-order chi connectivity index (χ1) is 15.2. The second-order valence-corrected chi connectivity index (χ2v) is 10.4. The first kappa shape index (κ1) is 26.7. The van der Waals surface area contributed by atoms with Gasteiger partial charge in [-0.3, -0.25) is 9.69 Å². The molecule has 0 spiro atoms. The number of amides is 1. The molecule has 182 valence electrons. The molecule has 0 saturated carbocycles.